The zero-order chi connectivity index (χ0) is 10.7. The number of ether oxygens (including phenoxy) is 1. The summed E-state index contributed by atoms with van der Waals surface area (Å²) in [5.74, 6) is -0.474. The summed E-state index contributed by atoms with van der Waals surface area (Å²) in [4.78, 5) is 11.4. The largest absolute Gasteiger partial charge is 0.506 e. The van der Waals surface area contributed by atoms with Gasteiger partial charge in [0.15, 0.2) is 0 Å². The van der Waals surface area contributed by atoms with E-state index < -0.39 is 5.97 Å². The van der Waals surface area contributed by atoms with Gasteiger partial charge in [0.05, 0.1) is 17.4 Å². The van der Waals surface area contributed by atoms with E-state index in [1.54, 1.807) is 13.8 Å². The molecule has 0 atom stereocenters. The molecule has 5 heteroatoms. The molecule has 0 radical (unpaired) electrons. The number of halogens is 1. The molecule has 0 bridgehead atoms. The number of nitrogen functional groups attached to an aromatic ring is 1. The Bertz CT molecular complexity index is 353. The molecule has 0 aliphatic carbocycles. The van der Waals surface area contributed by atoms with Crippen molar-refractivity contribution in [2.75, 3.05) is 5.73 Å². The number of aromatic hydroxyl groups is 1. The molecule has 84 valence electrons. The van der Waals surface area contributed by atoms with E-state index in [9.17, 15) is 4.79 Å². The van der Waals surface area contributed by atoms with Crippen LogP contribution in [0.5, 0.6) is 5.75 Å². The lowest BCUT2D eigenvalue weighted by Crippen LogP contribution is -2.11. The molecule has 0 aliphatic heterocycles. The molecule has 0 aliphatic rings. The summed E-state index contributed by atoms with van der Waals surface area (Å²) in [5.41, 5.74) is 5.94. The van der Waals surface area contributed by atoms with Crippen molar-refractivity contribution >= 4 is 24.1 Å². The van der Waals surface area contributed by atoms with E-state index in [0.29, 0.717) is 5.56 Å². The zero-order valence-corrected chi connectivity index (χ0v) is 9.38. The molecule has 0 heterocycles. The number of esters is 1. The molecule has 1 rings (SSSR count). The summed E-state index contributed by atoms with van der Waals surface area (Å²) in [6.07, 6.45) is -0.169. The normalized spacial score (nSPS) is 9.53. The van der Waals surface area contributed by atoms with Gasteiger partial charge in [-0.05, 0) is 32.0 Å². The Morgan fingerprint density at radius 3 is 2.53 bits per heavy atom. The monoisotopic (exact) mass is 231 g/mol. The molecular formula is C10H14ClNO3. The number of nitrogens with two attached hydrogens (primary N) is 1. The standard InChI is InChI=1S/C10H13NO3.ClH/c1-6(2)14-10(13)7-3-4-9(12)8(11)5-7;/h3-6,12H,11H2,1-2H3;1H. The first-order chi connectivity index (χ1) is 6.50. The van der Waals surface area contributed by atoms with Crippen molar-refractivity contribution in [3.8, 4) is 5.75 Å². The number of carbonyl (C=O) groups excluding carboxylic acids is 1. The highest BCUT2D eigenvalue weighted by molar-refractivity contribution is 5.91. The van der Waals surface area contributed by atoms with E-state index in [2.05, 4.69) is 0 Å². The Balaban J connectivity index is 0.00000196. The van der Waals surface area contributed by atoms with Crippen molar-refractivity contribution in [1.82, 2.24) is 0 Å². The first-order valence-corrected chi connectivity index (χ1v) is 4.30. The van der Waals surface area contributed by atoms with Crippen LogP contribution in [0, 0.1) is 0 Å². The predicted molar refractivity (Wildman–Crippen MR) is 60.3 cm³/mol. The second-order valence-electron chi connectivity index (χ2n) is 3.23. The summed E-state index contributed by atoms with van der Waals surface area (Å²) >= 11 is 0. The van der Waals surface area contributed by atoms with E-state index in [1.807, 2.05) is 0 Å². The van der Waals surface area contributed by atoms with E-state index in [4.69, 9.17) is 15.6 Å². The van der Waals surface area contributed by atoms with Gasteiger partial charge >= 0.3 is 5.97 Å². The van der Waals surface area contributed by atoms with Crippen molar-refractivity contribution < 1.29 is 14.6 Å². The molecule has 0 saturated heterocycles. The van der Waals surface area contributed by atoms with Crippen LogP contribution in [0.1, 0.15) is 24.2 Å². The van der Waals surface area contributed by atoms with Gasteiger partial charge in [-0.1, -0.05) is 0 Å². The lowest BCUT2D eigenvalue weighted by atomic mass is 10.2. The quantitative estimate of drug-likeness (QED) is 0.464. The Labute approximate surface area is 94.5 Å². The molecule has 3 N–H and O–H groups in total. The fourth-order valence-electron chi connectivity index (χ4n) is 0.964. The van der Waals surface area contributed by atoms with Crippen LogP contribution in [0.3, 0.4) is 0 Å². The third-order valence-corrected chi connectivity index (χ3v) is 1.61. The SMILES string of the molecule is CC(C)OC(=O)c1ccc(O)c(N)c1.Cl. The van der Waals surface area contributed by atoms with E-state index in [-0.39, 0.29) is 29.9 Å². The molecule has 4 nitrogen and oxygen atoms in total. The van der Waals surface area contributed by atoms with E-state index >= 15 is 0 Å². The molecule has 0 amide bonds. The maximum Gasteiger partial charge on any atom is 0.338 e. The van der Waals surface area contributed by atoms with Crippen molar-refractivity contribution in [3.63, 3.8) is 0 Å². The molecule has 0 saturated carbocycles. The van der Waals surface area contributed by atoms with Crippen LogP contribution in [0.4, 0.5) is 5.69 Å². The summed E-state index contributed by atoms with van der Waals surface area (Å²) in [5, 5.41) is 9.13. The Morgan fingerprint density at radius 1 is 1.47 bits per heavy atom. The van der Waals surface area contributed by atoms with Gasteiger partial charge in [0.25, 0.3) is 0 Å². The summed E-state index contributed by atoms with van der Waals surface area (Å²) < 4.78 is 4.95. The van der Waals surface area contributed by atoms with Gasteiger partial charge in [-0.3, -0.25) is 0 Å². The highest BCUT2D eigenvalue weighted by atomic mass is 35.5. The maximum atomic E-state index is 11.4. The highest BCUT2D eigenvalue weighted by Crippen LogP contribution is 2.20. The summed E-state index contributed by atoms with van der Waals surface area (Å²) in [6.45, 7) is 3.53. The molecule has 15 heavy (non-hydrogen) atoms. The topological polar surface area (TPSA) is 72.5 Å². The number of carbonyl (C=O) groups is 1. The second kappa shape index (κ2) is 5.46. The fraction of sp³-hybridized carbons (Fsp3) is 0.300. The van der Waals surface area contributed by atoms with Crippen molar-refractivity contribution in [2.24, 2.45) is 0 Å². The number of benzene rings is 1. The van der Waals surface area contributed by atoms with Crippen molar-refractivity contribution in [3.05, 3.63) is 23.8 Å². The summed E-state index contributed by atoms with van der Waals surface area (Å²) in [7, 11) is 0. The lowest BCUT2D eigenvalue weighted by Gasteiger charge is -2.08. The van der Waals surface area contributed by atoms with E-state index in [1.165, 1.54) is 18.2 Å². The van der Waals surface area contributed by atoms with Crippen molar-refractivity contribution in [2.45, 2.75) is 20.0 Å². The molecule has 0 fully saturated rings. The Morgan fingerprint density at radius 2 is 2.07 bits per heavy atom. The number of rotatable bonds is 2. The lowest BCUT2D eigenvalue weighted by molar-refractivity contribution is 0.0378. The predicted octanol–water partition coefficient (Wildman–Crippen LogP) is 1.96. The van der Waals surface area contributed by atoms with Gasteiger partial charge in [0, 0.05) is 0 Å². The van der Waals surface area contributed by atoms with Crippen LogP contribution in [0.25, 0.3) is 0 Å². The van der Waals surface area contributed by atoms with Crippen LogP contribution in [0.2, 0.25) is 0 Å². The van der Waals surface area contributed by atoms with Crippen LogP contribution >= 0.6 is 12.4 Å². The third kappa shape index (κ3) is 3.67. The Hall–Kier alpha value is -1.42. The minimum Gasteiger partial charge on any atom is -0.506 e. The first-order valence-electron chi connectivity index (χ1n) is 4.30. The maximum absolute atomic E-state index is 11.4. The zero-order valence-electron chi connectivity index (χ0n) is 8.56. The number of hydrogen-bond donors (Lipinski definition) is 2. The number of hydrogen-bond acceptors (Lipinski definition) is 4. The first kappa shape index (κ1) is 13.6. The minimum absolute atomic E-state index is 0. The van der Waals surface area contributed by atoms with Gasteiger partial charge < -0.3 is 15.6 Å². The smallest absolute Gasteiger partial charge is 0.338 e. The third-order valence-electron chi connectivity index (χ3n) is 1.61. The molecule has 1 aromatic rings. The number of anilines is 1. The fourth-order valence-corrected chi connectivity index (χ4v) is 0.964. The van der Waals surface area contributed by atoms with Gasteiger partial charge in [0.2, 0.25) is 0 Å². The molecular weight excluding hydrogens is 218 g/mol. The molecule has 1 aromatic carbocycles. The van der Waals surface area contributed by atoms with Gasteiger partial charge in [-0.25, -0.2) is 4.79 Å². The molecule has 0 aromatic heterocycles. The van der Waals surface area contributed by atoms with Crippen LogP contribution in [-0.4, -0.2) is 17.2 Å². The van der Waals surface area contributed by atoms with Crippen LogP contribution < -0.4 is 5.73 Å². The van der Waals surface area contributed by atoms with E-state index in [0.717, 1.165) is 0 Å². The van der Waals surface area contributed by atoms with Gasteiger partial charge in [-0.15, -0.1) is 12.4 Å². The Kier molecular flexibility index (Phi) is 4.94. The van der Waals surface area contributed by atoms with Crippen LogP contribution in [0.15, 0.2) is 18.2 Å². The van der Waals surface area contributed by atoms with Gasteiger partial charge in [-0.2, -0.15) is 0 Å². The van der Waals surface area contributed by atoms with Gasteiger partial charge in [0.1, 0.15) is 5.75 Å². The average Bonchev–Trinajstić information content (AvgIpc) is 2.08. The van der Waals surface area contributed by atoms with Crippen LogP contribution in [-0.2, 0) is 4.74 Å². The summed E-state index contributed by atoms with van der Waals surface area (Å²) in [6, 6.07) is 4.22. The minimum atomic E-state index is -0.438. The van der Waals surface area contributed by atoms with Crippen molar-refractivity contribution in [1.29, 1.82) is 0 Å². The number of phenolic OH excluding ortho intramolecular Hbond substituents is 1. The highest BCUT2D eigenvalue weighted by Gasteiger charge is 2.10. The second-order valence-corrected chi connectivity index (χ2v) is 3.23. The molecule has 0 unspecified atom stereocenters. The number of phenols is 1. The average molecular weight is 232 g/mol. The molecule has 0 spiro atoms.